The normalized spacial score (nSPS) is 14.0. The number of aromatic nitrogens is 2. The largest absolute Gasteiger partial charge is 0.347 e. The van der Waals surface area contributed by atoms with Gasteiger partial charge in [-0.2, -0.15) is 5.10 Å². The number of nitrogens with two attached hydrogens (primary N) is 1. The molecule has 1 atom stereocenters. The number of carbonyl (C=O) groups is 1. The second-order valence-electron chi connectivity index (χ2n) is 7.06. The zero-order chi connectivity index (χ0) is 21.4. The SMILES string of the molecule is NC[C@H](Cc1ccc(F)c(F)c1F)NC(=O)c1cc2c(s1)CCCn1ncc(Br)c1-2. The summed E-state index contributed by atoms with van der Waals surface area (Å²) >= 11 is 4.92. The van der Waals surface area contributed by atoms with Crippen molar-refractivity contribution in [1.82, 2.24) is 15.1 Å². The molecule has 3 N–H and O–H groups in total. The zero-order valence-corrected chi connectivity index (χ0v) is 18.1. The molecular weight excluding hydrogens is 481 g/mol. The molecule has 10 heteroatoms. The molecular formula is C20H18BrF3N4OS. The summed E-state index contributed by atoms with van der Waals surface area (Å²) in [6.45, 7) is 0.826. The summed E-state index contributed by atoms with van der Waals surface area (Å²) in [4.78, 5) is 14.4. The van der Waals surface area contributed by atoms with E-state index in [1.54, 1.807) is 6.20 Å². The number of hydrogen-bond acceptors (Lipinski definition) is 4. The predicted molar refractivity (Wildman–Crippen MR) is 112 cm³/mol. The molecule has 0 unspecified atom stereocenters. The van der Waals surface area contributed by atoms with Crippen molar-refractivity contribution in [2.45, 2.75) is 31.8 Å². The summed E-state index contributed by atoms with van der Waals surface area (Å²) in [6, 6.07) is 3.22. The van der Waals surface area contributed by atoms with Crippen LogP contribution in [0.15, 0.2) is 28.9 Å². The number of carbonyl (C=O) groups excluding carboxylic acids is 1. The van der Waals surface area contributed by atoms with Gasteiger partial charge in [-0.05, 0) is 52.9 Å². The number of nitrogens with one attached hydrogen (secondary N) is 1. The van der Waals surface area contributed by atoms with Gasteiger partial charge in [0.2, 0.25) is 0 Å². The molecule has 0 bridgehead atoms. The fourth-order valence-corrected chi connectivity index (χ4v) is 5.17. The van der Waals surface area contributed by atoms with Gasteiger partial charge in [0.15, 0.2) is 17.5 Å². The van der Waals surface area contributed by atoms with Crippen molar-refractivity contribution in [2.24, 2.45) is 5.73 Å². The molecule has 0 saturated heterocycles. The average molecular weight is 499 g/mol. The van der Waals surface area contributed by atoms with Gasteiger partial charge in [-0.3, -0.25) is 9.48 Å². The van der Waals surface area contributed by atoms with Crippen molar-refractivity contribution in [3.8, 4) is 11.3 Å². The van der Waals surface area contributed by atoms with Crippen LogP contribution in [0.3, 0.4) is 0 Å². The number of fused-ring (bicyclic) bond motifs is 3. The summed E-state index contributed by atoms with van der Waals surface area (Å²) in [5, 5.41) is 7.14. The number of aryl methyl sites for hydroxylation is 2. The lowest BCUT2D eigenvalue weighted by Gasteiger charge is -2.17. The second kappa shape index (κ2) is 8.52. The zero-order valence-electron chi connectivity index (χ0n) is 15.7. The van der Waals surface area contributed by atoms with Gasteiger partial charge in [-0.25, -0.2) is 13.2 Å². The van der Waals surface area contributed by atoms with Crippen molar-refractivity contribution in [1.29, 1.82) is 0 Å². The minimum Gasteiger partial charge on any atom is -0.347 e. The number of nitrogens with zero attached hydrogens (tertiary/aromatic N) is 2. The smallest absolute Gasteiger partial charge is 0.261 e. The highest BCUT2D eigenvalue weighted by atomic mass is 79.9. The van der Waals surface area contributed by atoms with Crippen molar-refractivity contribution < 1.29 is 18.0 Å². The number of halogens is 4. The Kier molecular flexibility index (Phi) is 5.99. The second-order valence-corrected chi connectivity index (χ2v) is 9.05. The molecule has 3 heterocycles. The quantitative estimate of drug-likeness (QED) is 0.521. The van der Waals surface area contributed by atoms with Gasteiger partial charge < -0.3 is 11.1 Å². The van der Waals surface area contributed by atoms with E-state index in [4.69, 9.17) is 5.73 Å². The predicted octanol–water partition coefficient (Wildman–Crippen LogP) is 4.04. The first kappa shape index (κ1) is 21.1. The van der Waals surface area contributed by atoms with Gasteiger partial charge in [-0.1, -0.05) is 6.07 Å². The molecule has 158 valence electrons. The van der Waals surface area contributed by atoms with E-state index in [0.29, 0.717) is 4.88 Å². The van der Waals surface area contributed by atoms with E-state index in [1.165, 1.54) is 11.3 Å². The molecule has 0 spiro atoms. The summed E-state index contributed by atoms with van der Waals surface area (Å²) in [5.74, 6) is -4.38. The Morgan fingerprint density at radius 1 is 1.33 bits per heavy atom. The van der Waals surface area contributed by atoms with Gasteiger partial charge in [0.1, 0.15) is 0 Å². The minimum atomic E-state index is -1.53. The molecule has 2 aromatic heterocycles. The summed E-state index contributed by atoms with van der Waals surface area (Å²) < 4.78 is 43.4. The highest BCUT2D eigenvalue weighted by molar-refractivity contribution is 9.10. The molecule has 5 nitrogen and oxygen atoms in total. The number of rotatable bonds is 5. The number of thiophene rings is 1. The highest BCUT2D eigenvalue weighted by Crippen LogP contribution is 2.38. The monoisotopic (exact) mass is 498 g/mol. The molecule has 0 aliphatic carbocycles. The van der Waals surface area contributed by atoms with Crippen LogP contribution in [0.2, 0.25) is 0 Å². The molecule has 0 radical (unpaired) electrons. The van der Waals surface area contributed by atoms with Crippen LogP contribution in [-0.4, -0.2) is 28.3 Å². The Balaban J connectivity index is 1.55. The standard InChI is InChI=1S/C20H18BrF3N4OS/c21-13-9-26-28-5-1-2-15-12(19(13)28)7-16(30-15)20(29)27-11(8-25)6-10-3-4-14(22)18(24)17(10)23/h3-4,7,9,11H,1-2,5-6,8,25H2,(H,27,29)/t11-/m0/s1. The maximum absolute atomic E-state index is 14.0. The molecule has 1 aromatic carbocycles. The van der Waals surface area contributed by atoms with Crippen molar-refractivity contribution in [2.75, 3.05) is 6.54 Å². The summed E-state index contributed by atoms with van der Waals surface area (Å²) in [5.41, 5.74) is 7.59. The van der Waals surface area contributed by atoms with Gasteiger partial charge in [0, 0.05) is 29.6 Å². The molecule has 0 fully saturated rings. The van der Waals surface area contributed by atoms with Gasteiger partial charge in [0.25, 0.3) is 5.91 Å². The van der Waals surface area contributed by atoms with E-state index in [1.807, 2.05) is 10.7 Å². The maximum atomic E-state index is 14.0. The Bertz CT molecular complexity index is 1110. The van der Waals surface area contributed by atoms with E-state index in [-0.39, 0.29) is 24.4 Å². The van der Waals surface area contributed by atoms with E-state index in [0.717, 1.165) is 52.1 Å². The van der Waals surface area contributed by atoms with Gasteiger partial charge >= 0.3 is 0 Å². The van der Waals surface area contributed by atoms with E-state index < -0.39 is 23.5 Å². The van der Waals surface area contributed by atoms with Crippen LogP contribution in [0.25, 0.3) is 11.3 Å². The lowest BCUT2D eigenvalue weighted by molar-refractivity contribution is 0.0942. The van der Waals surface area contributed by atoms with Crippen LogP contribution in [-0.2, 0) is 19.4 Å². The van der Waals surface area contributed by atoms with Crippen LogP contribution in [0.5, 0.6) is 0 Å². The third-order valence-corrected chi connectivity index (χ3v) is 6.83. The first-order valence-corrected chi connectivity index (χ1v) is 11.0. The third-order valence-electron chi connectivity index (χ3n) is 5.06. The van der Waals surface area contributed by atoms with Crippen LogP contribution in [0, 0.1) is 17.5 Å². The average Bonchev–Trinajstić information content (AvgIpc) is 3.26. The Morgan fingerprint density at radius 2 is 2.13 bits per heavy atom. The van der Waals surface area contributed by atoms with E-state index >= 15 is 0 Å². The van der Waals surface area contributed by atoms with Gasteiger partial charge in [0.05, 0.1) is 21.2 Å². The molecule has 1 aliphatic rings. The van der Waals surface area contributed by atoms with E-state index in [2.05, 4.69) is 26.3 Å². The molecule has 4 rings (SSSR count). The lowest BCUT2D eigenvalue weighted by Crippen LogP contribution is -2.41. The summed E-state index contributed by atoms with van der Waals surface area (Å²) in [7, 11) is 0. The van der Waals surface area contributed by atoms with Crippen molar-refractivity contribution in [3.05, 3.63) is 61.6 Å². The first-order valence-electron chi connectivity index (χ1n) is 9.36. The Hall–Kier alpha value is -2.17. The molecule has 1 aliphatic heterocycles. The van der Waals surface area contributed by atoms with Crippen molar-refractivity contribution in [3.63, 3.8) is 0 Å². The Morgan fingerprint density at radius 3 is 2.90 bits per heavy atom. The topological polar surface area (TPSA) is 72.9 Å². The molecule has 3 aromatic rings. The van der Waals surface area contributed by atoms with E-state index in [9.17, 15) is 18.0 Å². The van der Waals surface area contributed by atoms with Crippen LogP contribution in [0.1, 0.15) is 26.5 Å². The van der Waals surface area contributed by atoms with Crippen LogP contribution < -0.4 is 11.1 Å². The maximum Gasteiger partial charge on any atom is 0.261 e. The number of benzene rings is 1. The molecule has 30 heavy (non-hydrogen) atoms. The fraction of sp³-hybridized carbons (Fsp3) is 0.300. The number of amides is 1. The van der Waals surface area contributed by atoms with Crippen LogP contribution in [0.4, 0.5) is 13.2 Å². The lowest BCUT2D eigenvalue weighted by atomic mass is 10.0. The Labute approximate surface area is 183 Å². The third kappa shape index (κ3) is 3.91. The summed E-state index contributed by atoms with van der Waals surface area (Å²) in [6.07, 6.45) is 3.44. The minimum absolute atomic E-state index is 0.0214. The van der Waals surface area contributed by atoms with Gasteiger partial charge in [-0.15, -0.1) is 11.3 Å². The molecule has 1 amide bonds. The first-order chi connectivity index (χ1) is 14.4. The van der Waals surface area contributed by atoms with Crippen LogP contribution >= 0.6 is 27.3 Å². The van der Waals surface area contributed by atoms with Crippen molar-refractivity contribution >= 4 is 33.2 Å². The molecule has 0 saturated carbocycles. The highest BCUT2D eigenvalue weighted by Gasteiger charge is 2.24. The fourth-order valence-electron chi connectivity index (χ4n) is 3.55. The number of hydrogen-bond donors (Lipinski definition) is 2.